The molecule has 0 spiro atoms. The SMILES string of the molecule is CC(C)CNCc1ccc(SCc2cccc(Br)c2)cc1. The van der Waals surface area contributed by atoms with Crippen molar-refractivity contribution in [3.05, 3.63) is 64.1 Å². The Bertz CT molecular complexity index is 551. The lowest BCUT2D eigenvalue weighted by atomic mass is 10.2. The van der Waals surface area contributed by atoms with E-state index in [1.165, 1.54) is 16.0 Å². The van der Waals surface area contributed by atoms with Crippen LogP contribution in [0.3, 0.4) is 0 Å². The molecule has 0 atom stereocenters. The predicted octanol–water partition coefficient (Wildman–Crippen LogP) is 5.49. The van der Waals surface area contributed by atoms with Gasteiger partial charge >= 0.3 is 0 Å². The molecular weight excluding hydrogens is 342 g/mol. The van der Waals surface area contributed by atoms with Crippen LogP contribution in [-0.2, 0) is 12.3 Å². The third-order valence-electron chi connectivity index (χ3n) is 3.10. The van der Waals surface area contributed by atoms with Crippen LogP contribution in [0, 0.1) is 5.92 Å². The fraction of sp³-hybridized carbons (Fsp3) is 0.333. The summed E-state index contributed by atoms with van der Waals surface area (Å²) >= 11 is 5.39. The summed E-state index contributed by atoms with van der Waals surface area (Å²) in [6.07, 6.45) is 0. The Morgan fingerprint density at radius 3 is 2.48 bits per heavy atom. The molecule has 0 saturated heterocycles. The molecule has 1 N–H and O–H groups in total. The highest BCUT2D eigenvalue weighted by Crippen LogP contribution is 2.24. The van der Waals surface area contributed by atoms with Gasteiger partial charge in [-0.25, -0.2) is 0 Å². The van der Waals surface area contributed by atoms with Crippen molar-refractivity contribution in [3.63, 3.8) is 0 Å². The molecule has 112 valence electrons. The molecule has 1 nitrogen and oxygen atoms in total. The second kappa shape index (κ2) is 8.62. The molecule has 0 radical (unpaired) electrons. The maximum atomic E-state index is 3.52. The summed E-state index contributed by atoms with van der Waals surface area (Å²) < 4.78 is 1.15. The minimum absolute atomic E-state index is 0.699. The Labute approximate surface area is 140 Å². The Morgan fingerprint density at radius 2 is 1.81 bits per heavy atom. The van der Waals surface area contributed by atoms with Crippen LogP contribution in [0.1, 0.15) is 25.0 Å². The second-order valence-corrected chi connectivity index (χ2v) is 7.55. The number of thioether (sulfide) groups is 1. The monoisotopic (exact) mass is 363 g/mol. The zero-order valence-electron chi connectivity index (χ0n) is 12.6. The smallest absolute Gasteiger partial charge is 0.0232 e. The van der Waals surface area contributed by atoms with Crippen LogP contribution in [0.2, 0.25) is 0 Å². The quantitative estimate of drug-likeness (QED) is 0.652. The fourth-order valence-corrected chi connectivity index (χ4v) is 3.29. The molecule has 0 aliphatic rings. The van der Waals surface area contributed by atoms with Crippen molar-refractivity contribution in [1.29, 1.82) is 0 Å². The molecule has 2 rings (SSSR count). The molecule has 0 heterocycles. The summed E-state index contributed by atoms with van der Waals surface area (Å²) in [5, 5.41) is 3.47. The molecule has 0 bridgehead atoms. The molecule has 0 fully saturated rings. The van der Waals surface area contributed by atoms with E-state index < -0.39 is 0 Å². The van der Waals surface area contributed by atoms with Crippen LogP contribution in [0.4, 0.5) is 0 Å². The van der Waals surface area contributed by atoms with Gasteiger partial charge in [-0.05, 0) is 47.9 Å². The van der Waals surface area contributed by atoms with E-state index >= 15 is 0 Å². The fourth-order valence-electron chi connectivity index (χ4n) is 2.00. The normalized spacial score (nSPS) is 11.0. The van der Waals surface area contributed by atoms with Crippen molar-refractivity contribution in [1.82, 2.24) is 5.32 Å². The summed E-state index contributed by atoms with van der Waals surface area (Å²) in [5.74, 6) is 1.70. The predicted molar refractivity (Wildman–Crippen MR) is 96.7 cm³/mol. The lowest BCUT2D eigenvalue weighted by Gasteiger charge is -2.08. The topological polar surface area (TPSA) is 12.0 Å². The first kappa shape index (κ1) is 16.6. The van der Waals surface area contributed by atoms with Crippen molar-refractivity contribution in [2.24, 2.45) is 5.92 Å². The van der Waals surface area contributed by atoms with Crippen molar-refractivity contribution in [2.45, 2.75) is 31.0 Å². The summed E-state index contributed by atoms with van der Waals surface area (Å²) in [7, 11) is 0. The molecule has 2 aromatic rings. The maximum Gasteiger partial charge on any atom is 0.0232 e. The lowest BCUT2D eigenvalue weighted by molar-refractivity contribution is 0.552. The lowest BCUT2D eigenvalue weighted by Crippen LogP contribution is -2.18. The Balaban J connectivity index is 1.82. The molecule has 0 aromatic heterocycles. The highest BCUT2D eigenvalue weighted by atomic mass is 79.9. The van der Waals surface area contributed by atoms with Crippen LogP contribution in [0.5, 0.6) is 0 Å². The van der Waals surface area contributed by atoms with Crippen molar-refractivity contribution < 1.29 is 0 Å². The van der Waals surface area contributed by atoms with E-state index in [0.717, 1.165) is 23.3 Å². The van der Waals surface area contributed by atoms with Gasteiger partial charge in [-0.3, -0.25) is 0 Å². The van der Waals surface area contributed by atoms with E-state index in [0.29, 0.717) is 5.92 Å². The summed E-state index contributed by atoms with van der Waals surface area (Å²) in [6, 6.07) is 17.4. The largest absolute Gasteiger partial charge is 0.312 e. The van der Waals surface area contributed by atoms with E-state index in [2.05, 4.69) is 83.6 Å². The third-order valence-corrected chi connectivity index (χ3v) is 4.68. The third kappa shape index (κ3) is 6.25. The van der Waals surface area contributed by atoms with Crippen LogP contribution in [-0.4, -0.2) is 6.54 Å². The summed E-state index contributed by atoms with van der Waals surface area (Å²) in [6.45, 7) is 6.48. The second-order valence-electron chi connectivity index (χ2n) is 5.59. The number of benzene rings is 2. The Morgan fingerprint density at radius 1 is 1.05 bits per heavy atom. The van der Waals surface area contributed by atoms with Crippen LogP contribution >= 0.6 is 27.7 Å². The van der Waals surface area contributed by atoms with Gasteiger partial charge in [0.15, 0.2) is 0 Å². The molecule has 0 aliphatic heterocycles. The zero-order chi connectivity index (χ0) is 15.1. The van der Waals surface area contributed by atoms with Gasteiger partial charge < -0.3 is 5.32 Å². The molecule has 2 aromatic carbocycles. The van der Waals surface area contributed by atoms with Gasteiger partial charge in [0.05, 0.1) is 0 Å². The Kier molecular flexibility index (Phi) is 6.81. The van der Waals surface area contributed by atoms with Gasteiger partial charge in [-0.2, -0.15) is 0 Å². The highest BCUT2D eigenvalue weighted by molar-refractivity contribution is 9.10. The van der Waals surface area contributed by atoms with E-state index in [1.54, 1.807) is 0 Å². The highest BCUT2D eigenvalue weighted by Gasteiger charge is 1.99. The Hall–Kier alpha value is -0.770. The van der Waals surface area contributed by atoms with Gasteiger partial charge in [0.1, 0.15) is 0 Å². The van der Waals surface area contributed by atoms with Crippen LogP contribution in [0.15, 0.2) is 57.9 Å². The maximum absolute atomic E-state index is 3.52. The average molecular weight is 364 g/mol. The molecule has 0 amide bonds. The first-order valence-electron chi connectivity index (χ1n) is 7.30. The zero-order valence-corrected chi connectivity index (χ0v) is 15.0. The number of halogens is 1. The number of nitrogens with one attached hydrogen (secondary N) is 1. The van der Waals surface area contributed by atoms with Crippen LogP contribution in [0.25, 0.3) is 0 Å². The average Bonchev–Trinajstić information content (AvgIpc) is 2.46. The minimum Gasteiger partial charge on any atom is -0.312 e. The number of hydrogen-bond donors (Lipinski definition) is 1. The van der Waals surface area contributed by atoms with E-state index in [4.69, 9.17) is 0 Å². The summed E-state index contributed by atoms with van der Waals surface area (Å²) in [4.78, 5) is 1.32. The van der Waals surface area contributed by atoms with Crippen molar-refractivity contribution in [3.8, 4) is 0 Å². The van der Waals surface area contributed by atoms with Gasteiger partial charge in [0, 0.05) is 21.7 Å². The molecule has 21 heavy (non-hydrogen) atoms. The first-order chi connectivity index (χ1) is 10.1. The van der Waals surface area contributed by atoms with Gasteiger partial charge in [0.25, 0.3) is 0 Å². The first-order valence-corrected chi connectivity index (χ1v) is 9.08. The van der Waals surface area contributed by atoms with Crippen LogP contribution < -0.4 is 5.32 Å². The standard InChI is InChI=1S/C18H22BrNS/c1-14(2)11-20-12-15-6-8-18(9-7-15)21-13-16-4-3-5-17(19)10-16/h3-10,14,20H,11-13H2,1-2H3. The minimum atomic E-state index is 0.699. The van der Waals surface area contributed by atoms with Gasteiger partial charge in [-0.15, -0.1) is 11.8 Å². The molecule has 3 heteroatoms. The molecule has 0 aliphatic carbocycles. The van der Waals surface area contributed by atoms with E-state index in [-0.39, 0.29) is 0 Å². The summed E-state index contributed by atoms with van der Waals surface area (Å²) in [5.41, 5.74) is 2.69. The number of rotatable bonds is 7. The van der Waals surface area contributed by atoms with Crippen molar-refractivity contribution >= 4 is 27.7 Å². The van der Waals surface area contributed by atoms with E-state index in [9.17, 15) is 0 Å². The molecule has 0 saturated carbocycles. The molecular formula is C18H22BrNS. The number of hydrogen-bond acceptors (Lipinski definition) is 2. The van der Waals surface area contributed by atoms with E-state index in [1.807, 2.05) is 11.8 Å². The van der Waals surface area contributed by atoms with Gasteiger partial charge in [0.2, 0.25) is 0 Å². The van der Waals surface area contributed by atoms with Gasteiger partial charge in [-0.1, -0.05) is 54.0 Å². The van der Waals surface area contributed by atoms with Crippen molar-refractivity contribution in [2.75, 3.05) is 6.54 Å². The molecule has 0 unspecified atom stereocenters.